The molecule has 0 aromatic carbocycles. The Hall–Kier alpha value is -0.970. The van der Waals surface area contributed by atoms with Crippen molar-refractivity contribution in [3.8, 4) is 0 Å². The van der Waals surface area contributed by atoms with Crippen molar-refractivity contribution in [3.63, 3.8) is 0 Å². The molecular weight excluding hydrogens is 268 g/mol. The van der Waals surface area contributed by atoms with Gasteiger partial charge in [-0.2, -0.15) is 0 Å². The Kier molecular flexibility index (Phi) is 5.91. The SMILES string of the molecule is CC(C)(C[C@H]1CC[C@H](NC(=O)CCl)CC1)OC(N)=O. The van der Waals surface area contributed by atoms with Crippen molar-refractivity contribution in [1.29, 1.82) is 0 Å². The first kappa shape index (κ1) is 16.1. The minimum absolute atomic E-state index is 0.0133. The van der Waals surface area contributed by atoms with Crippen molar-refractivity contribution in [3.05, 3.63) is 0 Å². The Labute approximate surface area is 119 Å². The first-order valence-corrected chi connectivity index (χ1v) is 7.19. The molecule has 3 N–H and O–H groups in total. The smallest absolute Gasteiger partial charge is 0.405 e. The van der Waals surface area contributed by atoms with Crippen LogP contribution >= 0.6 is 11.6 Å². The number of nitrogens with two attached hydrogens (primary N) is 1. The maximum absolute atomic E-state index is 11.2. The third-order valence-corrected chi connectivity index (χ3v) is 3.73. The maximum atomic E-state index is 11.2. The van der Waals surface area contributed by atoms with Crippen molar-refractivity contribution in [2.75, 3.05) is 5.88 Å². The number of alkyl halides is 1. The standard InChI is InChI=1S/C13H23ClN2O3/c1-13(2,19-12(15)18)7-9-3-5-10(6-4-9)16-11(17)8-14/h9-10H,3-8H2,1-2H3,(H2,15,18)(H,16,17)/t9-,10-. The van der Waals surface area contributed by atoms with Crippen molar-refractivity contribution >= 4 is 23.6 Å². The van der Waals surface area contributed by atoms with E-state index in [1.54, 1.807) is 0 Å². The molecular formula is C13H23ClN2O3. The van der Waals surface area contributed by atoms with Crippen LogP contribution in [0.1, 0.15) is 46.0 Å². The summed E-state index contributed by atoms with van der Waals surface area (Å²) in [5.41, 5.74) is 4.53. The maximum Gasteiger partial charge on any atom is 0.405 e. The molecule has 6 heteroatoms. The van der Waals surface area contributed by atoms with Crippen molar-refractivity contribution < 1.29 is 14.3 Å². The summed E-state index contributed by atoms with van der Waals surface area (Å²) in [5, 5.41) is 2.91. The molecule has 19 heavy (non-hydrogen) atoms. The van der Waals surface area contributed by atoms with E-state index in [1.165, 1.54) is 0 Å². The molecule has 1 saturated carbocycles. The molecule has 0 saturated heterocycles. The first-order valence-electron chi connectivity index (χ1n) is 6.66. The molecule has 1 aliphatic rings. The highest BCUT2D eigenvalue weighted by Gasteiger charge is 2.30. The monoisotopic (exact) mass is 290 g/mol. The van der Waals surface area contributed by atoms with Crippen molar-refractivity contribution in [2.45, 2.75) is 57.6 Å². The number of rotatable bonds is 5. The van der Waals surface area contributed by atoms with E-state index in [9.17, 15) is 9.59 Å². The number of carbonyl (C=O) groups excluding carboxylic acids is 2. The number of hydrogen-bond donors (Lipinski definition) is 2. The van der Waals surface area contributed by atoms with E-state index in [2.05, 4.69) is 5.32 Å². The van der Waals surface area contributed by atoms with Crippen LogP contribution in [0.3, 0.4) is 0 Å². The third kappa shape index (κ3) is 6.14. The van der Waals surface area contributed by atoms with Gasteiger partial charge in [0.2, 0.25) is 5.91 Å². The van der Waals surface area contributed by atoms with Crippen LogP contribution in [-0.2, 0) is 9.53 Å². The molecule has 0 radical (unpaired) electrons. The van der Waals surface area contributed by atoms with Crippen molar-refractivity contribution in [1.82, 2.24) is 5.32 Å². The van der Waals surface area contributed by atoms with Gasteiger partial charge in [0.05, 0.1) is 0 Å². The number of hydrogen-bond acceptors (Lipinski definition) is 3. The van der Waals surface area contributed by atoms with Crippen LogP contribution in [-0.4, -0.2) is 29.5 Å². The number of nitrogens with one attached hydrogen (secondary N) is 1. The summed E-state index contributed by atoms with van der Waals surface area (Å²) in [6, 6.07) is 0.225. The minimum atomic E-state index is -0.729. The van der Waals surface area contributed by atoms with Gasteiger partial charge in [0.15, 0.2) is 0 Å². The van der Waals surface area contributed by atoms with Crippen LogP contribution < -0.4 is 11.1 Å². The molecule has 0 atom stereocenters. The highest BCUT2D eigenvalue weighted by Crippen LogP contribution is 2.32. The molecule has 0 aromatic rings. The van der Waals surface area contributed by atoms with Gasteiger partial charge in [-0.25, -0.2) is 4.79 Å². The average molecular weight is 291 g/mol. The van der Waals surface area contributed by atoms with Crippen LogP contribution in [0, 0.1) is 5.92 Å². The van der Waals surface area contributed by atoms with Gasteiger partial charge in [0.25, 0.3) is 0 Å². The molecule has 0 heterocycles. The van der Waals surface area contributed by atoms with E-state index in [0.29, 0.717) is 5.92 Å². The van der Waals surface area contributed by atoms with Gasteiger partial charge in [-0.1, -0.05) is 0 Å². The van der Waals surface area contributed by atoms with Crippen molar-refractivity contribution in [2.24, 2.45) is 11.7 Å². The zero-order chi connectivity index (χ0) is 14.5. The zero-order valence-electron chi connectivity index (χ0n) is 11.6. The number of ether oxygens (including phenoxy) is 1. The van der Waals surface area contributed by atoms with Crippen LogP contribution in [0.2, 0.25) is 0 Å². The fraction of sp³-hybridized carbons (Fsp3) is 0.846. The Balaban J connectivity index is 2.33. The zero-order valence-corrected chi connectivity index (χ0v) is 12.3. The van der Waals surface area contributed by atoms with Crippen LogP contribution in [0.5, 0.6) is 0 Å². The van der Waals surface area contributed by atoms with E-state index in [4.69, 9.17) is 22.1 Å². The summed E-state index contributed by atoms with van der Waals surface area (Å²) in [5.74, 6) is 0.403. The van der Waals surface area contributed by atoms with Gasteiger partial charge in [0.1, 0.15) is 11.5 Å². The van der Waals surface area contributed by atoms with Gasteiger partial charge in [-0.3, -0.25) is 4.79 Å². The molecule has 0 spiro atoms. The highest BCUT2D eigenvalue weighted by atomic mass is 35.5. The van der Waals surface area contributed by atoms with Crippen LogP contribution in [0.15, 0.2) is 0 Å². The average Bonchev–Trinajstić information content (AvgIpc) is 2.29. The van der Waals surface area contributed by atoms with Gasteiger partial charge in [-0.05, 0) is 51.9 Å². The fourth-order valence-corrected chi connectivity index (χ4v) is 2.86. The van der Waals surface area contributed by atoms with E-state index < -0.39 is 11.7 Å². The number of primary amides is 1. The lowest BCUT2D eigenvalue weighted by Crippen LogP contribution is -2.40. The van der Waals surface area contributed by atoms with E-state index >= 15 is 0 Å². The molecule has 5 nitrogen and oxygen atoms in total. The molecule has 0 aliphatic heterocycles. The normalized spacial score (nSPS) is 23.7. The largest absolute Gasteiger partial charge is 0.444 e. The summed E-state index contributed by atoms with van der Waals surface area (Å²) in [7, 11) is 0. The number of halogens is 1. The number of amides is 2. The predicted octanol–water partition coefficient (Wildman–Crippen LogP) is 2.16. The number of carbonyl (C=O) groups is 2. The molecule has 0 unspecified atom stereocenters. The second kappa shape index (κ2) is 6.98. The van der Waals surface area contributed by atoms with Crippen LogP contribution in [0.4, 0.5) is 4.79 Å². The topological polar surface area (TPSA) is 81.4 Å². The van der Waals surface area contributed by atoms with E-state index in [1.807, 2.05) is 13.8 Å². The molecule has 110 valence electrons. The van der Waals surface area contributed by atoms with Gasteiger partial charge < -0.3 is 15.8 Å². The van der Waals surface area contributed by atoms with Gasteiger partial charge >= 0.3 is 6.09 Å². The lowest BCUT2D eigenvalue weighted by molar-refractivity contribution is -0.119. The molecule has 2 amide bonds. The van der Waals surface area contributed by atoms with Gasteiger partial charge in [-0.15, -0.1) is 11.6 Å². The lowest BCUT2D eigenvalue weighted by atomic mass is 9.80. The second-order valence-corrected chi connectivity index (χ2v) is 6.07. The molecule has 0 aromatic heterocycles. The highest BCUT2D eigenvalue weighted by molar-refractivity contribution is 6.27. The molecule has 0 bridgehead atoms. The Morgan fingerprint density at radius 3 is 2.37 bits per heavy atom. The van der Waals surface area contributed by atoms with E-state index in [0.717, 1.165) is 32.1 Å². The van der Waals surface area contributed by atoms with Gasteiger partial charge in [0, 0.05) is 6.04 Å². The van der Waals surface area contributed by atoms with Crippen LogP contribution in [0.25, 0.3) is 0 Å². The summed E-state index contributed by atoms with van der Waals surface area (Å²) in [6.07, 6.45) is 3.98. The lowest BCUT2D eigenvalue weighted by Gasteiger charge is -2.34. The minimum Gasteiger partial charge on any atom is -0.444 e. The van der Waals surface area contributed by atoms with E-state index in [-0.39, 0.29) is 17.8 Å². The first-order chi connectivity index (χ1) is 8.82. The molecule has 1 aliphatic carbocycles. The summed E-state index contributed by atoms with van der Waals surface area (Å²) < 4.78 is 5.10. The third-order valence-electron chi connectivity index (χ3n) is 3.49. The fourth-order valence-electron chi connectivity index (χ4n) is 2.79. The Morgan fingerprint density at radius 1 is 1.32 bits per heavy atom. The quantitative estimate of drug-likeness (QED) is 0.761. The molecule has 1 rings (SSSR count). The predicted molar refractivity (Wildman–Crippen MR) is 74.0 cm³/mol. The Morgan fingerprint density at radius 2 is 1.89 bits per heavy atom. The summed E-state index contributed by atoms with van der Waals surface area (Å²) in [6.45, 7) is 3.75. The summed E-state index contributed by atoms with van der Waals surface area (Å²) >= 11 is 5.46. The molecule has 1 fully saturated rings. The summed E-state index contributed by atoms with van der Waals surface area (Å²) in [4.78, 5) is 22.0. The second-order valence-electron chi connectivity index (χ2n) is 5.80. The Bertz CT molecular complexity index is 326.